The molecule has 1 unspecified atom stereocenters. The summed E-state index contributed by atoms with van der Waals surface area (Å²) < 4.78 is 4.96. The summed E-state index contributed by atoms with van der Waals surface area (Å²) in [5, 5.41) is 12.1. The smallest absolute Gasteiger partial charge is 0.324 e. The quantitative estimate of drug-likeness (QED) is 0.105. The standard InChI is InChI=1S/C20H30N4O7S/c1-2-3-4-8-14(25)23-17-12(22-19(23)29)11-32-13(17)7-5-6-9-16(27)31-20(21)10-15(26)24(30)18(20)28/h12-13,17,30H,2-11,21H2,1H3,(H,22,29)/t12-,13-,17-,20?/m1/s1. The molecule has 0 aliphatic carbocycles. The van der Waals surface area contributed by atoms with Crippen molar-refractivity contribution in [2.75, 3.05) is 5.75 Å². The molecule has 0 saturated carbocycles. The highest BCUT2D eigenvalue weighted by atomic mass is 32.2. The minimum Gasteiger partial charge on any atom is -0.434 e. The molecule has 0 radical (unpaired) electrons. The van der Waals surface area contributed by atoms with E-state index in [9.17, 15) is 29.2 Å². The van der Waals surface area contributed by atoms with Gasteiger partial charge in [-0.15, -0.1) is 0 Å². The number of urea groups is 1. The Kier molecular flexibility index (Phi) is 7.78. The second kappa shape index (κ2) is 10.2. The monoisotopic (exact) mass is 470 g/mol. The number of carbonyl (C=O) groups is 5. The maximum Gasteiger partial charge on any atom is 0.324 e. The van der Waals surface area contributed by atoms with Gasteiger partial charge in [-0.2, -0.15) is 16.8 Å². The number of imide groups is 2. The zero-order valence-electron chi connectivity index (χ0n) is 18.1. The molecule has 0 aromatic carbocycles. The van der Waals surface area contributed by atoms with Crippen molar-refractivity contribution in [2.24, 2.45) is 5.73 Å². The van der Waals surface area contributed by atoms with Crippen LogP contribution in [-0.2, 0) is 23.9 Å². The molecule has 5 amide bonds. The molecule has 3 rings (SSSR count). The average molecular weight is 471 g/mol. The van der Waals surface area contributed by atoms with Crippen LogP contribution in [0.4, 0.5) is 4.79 Å². The topological polar surface area (TPSA) is 159 Å². The van der Waals surface area contributed by atoms with Crippen LogP contribution in [0.5, 0.6) is 0 Å². The van der Waals surface area contributed by atoms with Crippen LogP contribution in [0.15, 0.2) is 0 Å². The van der Waals surface area contributed by atoms with Gasteiger partial charge in [-0.3, -0.25) is 35.0 Å². The predicted octanol–water partition coefficient (Wildman–Crippen LogP) is 0.878. The van der Waals surface area contributed by atoms with E-state index in [-0.39, 0.29) is 40.8 Å². The Hall–Kier alpha value is -2.18. The first-order valence-electron chi connectivity index (χ1n) is 11.0. The van der Waals surface area contributed by atoms with Crippen LogP contribution in [0.2, 0.25) is 0 Å². The van der Waals surface area contributed by atoms with Crippen LogP contribution in [0.1, 0.15) is 64.7 Å². The number of rotatable bonds is 10. The van der Waals surface area contributed by atoms with Crippen molar-refractivity contribution in [2.45, 2.75) is 87.8 Å². The lowest BCUT2D eigenvalue weighted by Crippen LogP contribution is -2.51. The fourth-order valence-corrected chi connectivity index (χ4v) is 5.89. The van der Waals surface area contributed by atoms with Crippen molar-refractivity contribution in [1.29, 1.82) is 0 Å². The number of nitrogens with zero attached hydrogens (tertiary/aromatic N) is 2. The molecule has 4 N–H and O–H groups in total. The van der Waals surface area contributed by atoms with Crippen molar-refractivity contribution >= 4 is 41.5 Å². The Labute approximate surface area is 190 Å². The molecule has 0 aromatic rings. The van der Waals surface area contributed by atoms with Gasteiger partial charge in [0.05, 0.1) is 18.5 Å². The number of hydrogen-bond donors (Lipinski definition) is 3. The Bertz CT molecular complexity index is 794. The van der Waals surface area contributed by atoms with E-state index in [4.69, 9.17) is 10.5 Å². The van der Waals surface area contributed by atoms with E-state index in [1.54, 1.807) is 11.8 Å². The zero-order valence-corrected chi connectivity index (χ0v) is 18.9. The molecular weight excluding hydrogens is 440 g/mol. The molecule has 178 valence electrons. The van der Waals surface area contributed by atoms with E-state index in [1.807, 2.05) is 0 Å². The maximum absolute atomic E-state index is 12.6. The Morgan fingerprint density at radius 2 is 1.94 bits per heavy atom. The Morgan fingerprint density at radius 1 is 1.22 bits per heavy atom. The number of amides is 5. The van der Waals surface area contributed by atoms with Crippen LogP contribution in [0.3, 0.4) is 0 Å². The van der Waals surface area contributed by atoms with E-state index >= 15 is 0 Å². The van der Waals surface area contributed by atoms with Crippen molar-refractivity contribution in [1.82, 2.24) is 15.3 Å². The van der Waals surface area contributed by atoms with Crippen LogP contribution in [0, 0.1) is 0 Å². The zero-order chi connectivity index (χ0) is 23.5. The van der Waals surface area contributed by atoms with Crippen LogP contribution in [-0.4, -0.2) is 73.7 Å². The second-order valence-corrected chi connectivity index (χ2v) is 9.71. The van der Waals surface area contributed by atoms with Crippen molar-refractivity contribution in [3.63, 3.8) is 0 Å². The molecule has 11 nitrogen and oxygen atoms in total. The fraction of sp³-hybridized carbons (Fsp3) is 0.750. The lowest BCUT2D eigenvalue weighted by Gasteiger charge is -2.26. The van der Waals surface area contributed by atoms with Crippen molar-refractivity contribution in [3.05, 3.63) is 0 Å². The van der Waals surface area contributed by atoms with E-state index in [1.165, 1.54) is 4.90 Å². The molecule has 32 heavy (non-hydrogen) atoms. The summed E-state index contributed by atoms with van der Waals surface area (Å²) in [6.07, 6.45) is 4.29. The highest BCUT2D eigenvalue weighted by molar-refractivity contribution is 8.00. The van der Waals surface area contributed by atoms with E-state index in [0.717, 1.165) is 25.0 Å². The summed E-state index contributed by atoms with van der Waals surface area (Å²) in [5.74, 6) is -2.21. The molecule has 3 heterocycles. The van der Waals surface area contributed by atoms with E-state index < -0.39 is 29.9 Å². The number of hydroxylamine groups is 2. The lowest BCUT2D eigenvalue weighted by molar-refractivity contribution is -0.183. The highest BCUT2D eigenvalue weighted by Crippen LogP contribution is 2.38. The normalized spacial score (nSPS) is 29.5. The van der Waals surface area contributed by atoms with Crippen LogP contribution in [0.25, 0.3) is 0 Å². The van der Waals surface area contributed by atoms with Gasteiger partial charge in [0, 0.05) is 23.8 Å². The third-order valence-electron chi connectivity index (χ3n) is 5.99. The number of nitrogens with one attached hydrogen (secondary N) is 1. The first kappa shape index (κ1) is 24.5. The van der Waals surface area contributed by atoms with Crippen LogP contribution < -0.4 is 11.1 Å². The fourth-order valence-electron chi connectivity index (χ4n) is 4.32. The summed E-state index contributed by atoms with van der Waals surface area (Å²) in [4.78, 5) is 61.5. The Balaban J connectivity index is 1.45. The highest BCUT2D eigenvalue weighted by Gasteiger charge is 2.53. The minimum atomic E-state index is -2.16. The van der Waals surface area contributed by atoms with Gasteiger partial charge < -0.3 is 10.1 Å². The predicted molar refractivity (Wildman–Crippen MR) is 113 cm³/mol. The van der Waals surface area contributed by atoms with Gasteiger partial charge in [0.1, 0.15) is 0 Å². The maximum atomic E-state index is 12.6. The third kappa shape index (κ3) is 5.07. The van der Waals surface area contributed by atoms with Gasteiger partial charge in [-0.05, 0) is 19.3 Å². The average Bonchev–Trinajstić information content (AvgIpc) is 3.32. The largest absolute Gasteiger partial charge is 0.434 e. The molecule has 3 aliphatic rings. The summed E-state index contributed by atoms with van der Waals surface area (Å²) in [6, 6.07) is -0.557. The number of fused-ring (bicyclic) bond motifs is 1. The van der Waals surface area contributed by atoms with Crippen LogP contribution >= 0.6 is 11.8 Å². The van der Waals surface area contributed by atoms with Crippen molar-refractivity contribution in [3.8, 4) is 0 Å². The van der Waals surface area contributed by atoms with Gasteiger partial charge in [-0.25, -0.2) is 4.79 Å². The van der Waals surface area contributed by atoms with Crippen molar-refractivity contribution < 1.29 is 33.9 Å². The van der Waals surface area contributed by atoms with Gasteiger partial charge in [-0.1, -0.05) is 26.2 Å². The molecular formula is C20H30N4O7S. The van der Waals surface area contributed by atoms with Gasteiger partial charge >= 0.3 is 17.9 Å². The molecule has 0 bridgehead atoms. The summed E-state index contributed by atoms with van der Waals surface area (Å²) in [6.45, 7) is 2.06. The number of esters is 1. The van der Waals surface area contributed by atoms with Gasteiger partial charge in [0.2, 0.25) is 5.91 Å². The summed E-state index contributed by atoms with van der Waals surface area (Å²) in [7, 11) is 0. The molecule has 4 atom stereocenters. The molecule has 3 fully saturated rings. The molecule has 3 saturated heterocycles. The first-order chi connectivity index (χ1) is 15.2. The minimum absolute atomic E-state index is 0.00578. The third-order valence-corrected chi connectivity index (χ3v) is 7.49. The van der Waals surface area contributed by atoms with E-state index in [2.05, 4.69) is 12.2 Å². The summed E-state index contributed by atoms with van der Waals surface area (Å²) >= 11 is 1.71. The second-order valence-electron chi connectivity index (χ2n) is 8.44. The number of carbonyl (C=O) groups excluding carboxylic acids is 5. The molecule has 3 aliphatic heterocycles. The number of ether oxygens (including phenoxy) is 1. The number of nitrogens with two attached hydrogens (primary N) is 1. The van der Waals surface area contributed by atoms with E-state index in [0.29, 0.717) is 25.7 Å². The lowest BCUT2D eigenvalue weighted by atomic mass is 10.0. The SMILES string of the molecule is CCCCCC(=O)N1C(=O)N[C@@H]2CS[C@H](CCCCC(=O)OC3(N)CC(=O)N(O)C3=O)[C@@H]21. The Morgan fingerprint density at radius 3 is 2.59 bits per heavy atom. The summed E-state index contributed by atoms with van der Waals surface area (Å²) in [5.41, 5.74) is 3.49. The molecule has 0 aromatic heterocycles. The number of thioether (sulfide) groups is 1. The van der Waals surface area contributed by atoms with Gasteiger partial charge in [0.15, 0.2) is 0 Å². The van der Waals surface area contributed by atoms with Gasteiger partial charge in [0.25, 0.3) is 11.6 Å². The molecule has 0 spiro atoms. The first-order valence-corrected chi connectivity index (χ1v) is 12.0. The molecule has 12 heteroatoms. The number of hydrogen-bond acceptors (Lipinski definition) is 9. The number of unbranched alkanes of at least 4 members (excludes halogenated alkanes) is 3.